The second kappa shape index (κ2) is 7.37. The lowest BCUT2D eigenvalue weighted by Gasteiger charge is -2.11. The zero-order valence-electron chi connectivity index (χ0n) is 15.0. The summed E-state index contributed by atoms with van der Waals surface area (Å²) in [6.07, 6.45) is -4.87. The van der Waals surface area contributed by atoms with E-state index in [4.69, 9.17) is 4.74 Å². The molecule has 1 heterocycles. The summed E-state index contributed by atoms with van der Waals surface area (Å²) < 4.78 is 50.2. The van der Waals surface area contributed by atoms with E-state index >= 15 is 0 Å². The van der Waals surface area contributed by atoms with Crippen LogP contribution in [0.5, 0.6) is 11.5 Å². The molecular weight excluding hydrogens is 397 g/mol. The molecule has 1 aromatic heterocycles. The smallest absolute Gasteiger partial charge is 0.423 e. The molecule has 0 aliphatic rings. The number of aromatic nitrogens is 3. The molecule has 9 nitrogen and oxygen atoms in total. The summed E-state index contributed by atoms with van der Waals surface area (Å²) in [6, 6.07) is 5.92. The number of methoxy groups -OCH3 is 1. The van der Waals surface area contributed by atoms with Crippen molar-refractivity contribution in [1.82, 2.24) is 15.0 Å². The number of halogens is 3. The number of carbonyl (C=O) groups is 1. The Morgan fingerprint density at radius 1 is 1.21 bits per heavy atom. The molecule has 0 radical (unpaired) electrons. The highest BCUT2D eigenvalue weighted by Crippen LogP contribution is 2.38. The lowest BCUT2D eigenvalue weighted by molar-refractivity contribution is -0.388. The van der Waals surface area contributed by atoms with Gasteiger partial charge in [-0.15, -0.1) is 5.10 Å². The minimum Gasteiger partial charge on any atom is -0.467 e. The van der Waals surface area contributed by atoms with E-state index in [0.29, 0.717) is 23.2 Å². The number of hydrogen-bond donors (Lipinski definition) is 0. The summed E-state index contributed by atoms with van der Waals surface area (Å²) in [5.41, 5.74) is -1.66. The van der Waals surface area contributed by atoms with Crippen molar-refractivity contribution in [2.45, 2.75) is 19.1 Å². The van der Waals surface area contributed by atoms with Gasteiger partial charge in [0.05, 0.1) is 23.6 Å². The maximum Gasteiger partial charge on any atom is 0.423 e. The van der Waals surface area contributed by atoms with Crippen LogP contribution in [0.25, 0.3) is 11.0 Å². The molecule has 0 amide bonds. The van der Waals surface area contributed by atoms with Crippen LogP contribution in [-0.2, 0) is 15.7 Å². The summed E-state index contributed by atoms with van der Waals surface area (Å²) in [4.78, 5) is 21.6. The molecule has 0 saturated heterocycles. The predicted molar refractivity (Wildman–Crippen MR) is 92.4 cm³/mol. The molecule has 1 atom stereocenters. The largest absolute Gasteiger partial charge is 0.467 e. The van der Waals surface area contributed by atoms with Crippen molar-refractivity contribution < 1.29 is 32.4 Å². The Morgan fingerprint density at radius 3 is 2.48 bits per heavy atom. The molecule has 0 aliphatic heterocycles. The number of alkyl halides is 3. The second-order valence-electron chi connectivity index (χ2n) is 5.92. The van der Waals surface area contributed by atoms with Crippen LogP contribution in [0.3, 0.4) is 0 Å². The maximum absolute atomic E-state index is 12.9. The van der Waals surface area contributed by atoms with Gasteiger partial charge in [-0.25, -0.2) is 9.48 Å². The number of esters is 1. The summed E-state index contributed by atoms with van der Waals surface area (Å²) in [5, 5.41) is 18.8. The fraction of sp³-hybridized carbons (Fsp3) is 0.235. The Kier molecular flexibility index (Phi) is 5.10. The Morgan fingerprint density at radius 2 is 1.86 bits per heavy atom. The lowest BCUT2D eigenvalue weighted by Crippen LogP contribution is -2.18. The molecule has 2 aromatic carbocycles. The molecule has 29 heavy (non-hydrogen) atoms. The van der Waals surface area contributed by atoms with Crippen LogP contribution in [0.4, 0.5) is 18.9 Å². The maximum atomic E-state index is 12.9. The van der Waals surface area contributed by atoms with Gasteiger partial charge < -0.3 is 9.47 Å². The van der Waals surface area contributed by atoms with Crippen molar-refractivity contribution in [2.75, 3.05) is 7.11 Å². The van der Waals surface area contributed by atoms with Crippen LogP contribution in [0.1, 0.15) is 18.5 Å². The predicted octanol–water partition coefficient (Wildman–Crippen LogP) is 3.88. The fourth-order valence-corrected chi connectivity index (χ4v) is 2.64. The molecule has 152 valence electrons. The van der Waals surface area contributed by atoms with Gasteiger partial charge in [0.25, 0.3) is 5.69 Å². The average molecular weight is 410 g/mol. The number of carbonyl (C=O) groups excluding carboxylic acids is 1. The highest BCUT2D eigenvalue weighted by Gasteiger charge is 2.38. The van der Waals surface area contributed by atoms with Crippen molar-refractivity contribution in [3.05, 3.63) is 52.1 Å². The number of hydrogen-bond acceptors (Lipinski definition) is 7. The third-order valence-electron chi connectivity index (χ3n) is 4.06. The quantitative estimate of drug-likeness (QED) is 0.357. The van der Waals surface area contributed by atoms with Gasteiger partial charge in [-0.2, -0.15) is 13.2 Å². The molecule has 12 heteroatoms. The van der Waals surface area contributed by atoms with Gasteiger partial charge >= 0.3 is 12.1 Å². The monoisotopic (exact) mass is 410 g/mol. The van der Waals surface area contributed by atoms with Gasteiger partial charge in [-0.05, 0) is 31.2 Å². The van der Waals surface area contributed by atoms with E-state index in [1.807, 2.05) is 0 Å². The molecule has 1 unspecified atom stereocenters. The first-order valence-corrected chi connectivity index (χ1v) is 8.08. The van der Waals surface area contributed by atoms with Gasteiger partial charge in [-0.3, -0.25) is 10.1 Å². The minimum atomic E-state index is -4.87. The first kappa shape index (κ1) is 20.0. The van der Waals surface area contributed by atoms with Crippen LogP contribution >= 0.6 is 0 Å². The zero-order valence-corrected chi connectivity index (χ0v) is 15.0. The van der Waals surface area contributed by atoms with E-state index in [0.717, 1.165) is 6.07 Å². The van der Waals surface area contributed by atoms with Crippen LogP contribution in [0, 0.1) is 10.1 Å². The van der Waals surface area contributed by atoms with Gasteiger partial charge in [0.15, 0.2) is 0 Å². The van der Waals surface area contributed by atoms with Gasteiger partial charge in [0.2, 0.25) is 0 Å². The van der Waals surface area contributed by atoms with Gasteiger partial charge in [0, 0.05) is 6.07 Å². The lowest BCUT2D eigenvalue weighted by atomic mass is 10.1. The Balaban J connectivity index is 1.97. The van der Waals surface area contributed by atoms with E-state index in [2.05, 4.69) is 15.0 Å². The number of ether oxygens (including phenoxy) is 2. The fourth-order valence-electron chi connectivity index (χ4n) is 2.64. The van der Waals surface area contributed by atoms with Gasteiger partial charge in [-0.1, -0.05) is 5.21 Å². The Labute approximate surface area is 160 Å². The molecule has 0 spiro atoms. The van der Waals surface area contributed by atoms with Crippen LogP contribution in [-0.4, -0.2) is 33.0 Å². The topological polar surface area (TPSA) is 109 Å². The van der Waals surface area contributed by atoms with Crippen molar-refractivity contribution in [1.29, 1.82) is 0 Å². The molecule has 0 saturated carbocycles. The van der Waals surface area contributed by atoms with E-state index in [9.17, 15) is 28.1 Å². The number of nitrogens with zero attached hydrogens (tertiary/aromatic N) is 4. The third-order valence-corrected chi connectivity index (χ3v) is 4.06. The Bertz CT molecular complexity index is 1100. The normalized spacial score (nSPS) is 12.6. The highest BCUT2D eigenvalue weighted by molar-refractivity contribution is 5.80. The van der Waals surface area contributed by atoms with E-state index in [-0.39, 0.29) is 11.5 Å². The molecule has 3 aromatic rings. The first-order valence-electron chi connectivity index (χ1n) is 8.08. The summed E-state index contributed by atoms with van der Waals surface area (Å²) in [6.45, 7) is 1.55. The molecule has 0 aliphatic carbocycles. The SMILES string of the molecule is COC(=O)C(C)n1nnc2ccc(Oc3ccc(C(F)(F)F)c([N+](=O)[O-])c3)cc21. The van der Waals surface area contributed by atoms with Crippen molar-refractivity contribution in [3.63, 3.8) is 0 Å². The molecule has 0 bridgehead atoms. The number of fused-ring (bicyclic) bond motifs is 1. The first-order chi connectivity index (χ1) is 13.6. The standard InChI is InChI=1S/C17H13F3N4O5/c1-9(16(25)28-2)23-15-8-11(4-6-13(15)21-22-23)29-10-3-5-12(17(18,19)20)14(7-10)24(26)27/h3-9H,1-2H3. The summed E-state index contributed by atoms with van der Waals surface area (Å²) in [7, 11) is 1.23. The highest BCUT2D eigenvalue weighted by atomic mass is 19.4. The summed E-state index contributed by atoms with van der Waals surface area (Å²) >= 11 is 0. The van der Waals surface area contributed by atoms with Crippen LogP contribution in [0.15, 0.2) is 36.4 Å². The van der Waals surface area contributed by atoms with E-state index in [1.54, 1.807) is 6.92 Å². The average Bonchev–Trinajstić information content (AvgIpc) is 3.09. The molecular formula is C17H13F3N4O5. The van der Waals surface area contributed by atoms with E-state index < -0.39 is 34.4 Å². The third kappa shape index (κ3) is 3.95. The van der Waals surface area contributed by atoms with Crippen molar-refractivity contribution in [2.24, 2.45) is 0 Å². The molecule has 0 fully saturated rings. The molecule has 0 N–H and O–H groups in total. The Hall–Kier alpha value is -3.70. The van der Waals surface area contributed by atoms with E-state index in [1.165, 1.54) is 30.0 Å². The number of benzene rings is 2. The number of rotatable bonds is 5. The van der Waals surface area contributed by atoms with Crippen molar-refractivity contribution in [3.8, 4) is 11.5 Å². The zero-order chi connectivity index (χ0) is 21.3. The number of nitro groups is 1. The van der Waals surface area contributed by atoms with Crippen LogP contribution < -0.4 is 4.74 Å². The van der Waals surface area contributed by atoms with Gasteiger partial charge in [0.1, 0.15) is 28.6 Å². The second-order valence-corrected chi connectivity index (χ2v) is 5.92. The minimum absolute atomic E-state index is 0.159. The number of nitro benzene ring substituents is 1. The van der Waals surface area contributed by atoms with Crippen molar-refractivity contribution >= 4 is 22.7 Å². The summed E-state index contributed by atoms with van der Waals surface area (Å²) in [5.74, 6) is -0.558. The molecule has 3 rings (SSSR count). The van der Waals surface area contributed by atoms with Crippen LogP contribution in [0.2, 0.25) is 0 Å².